The van der Waals surface area contributed by atoms with Gasteiger partial charge in [-0.1, -0.05) is 37.1 Å². The summed E-state index contributed by atoms with van der Waals surface area (Å²) < 4.78 is 0. The van der Waals surface area contributed by atoms with Gasteiger partial charge in [0, 0.05) is 25.7 Å². The lowest BCUT2D eigenvalue weighted by molar-refractivity contribution is -0.143. The van der Waals surface area contributed by atoms with Gasteiger partial charge in [-0.25, -0.2) is 0 Å². The lowest BCUT2D eigenvalue weighted by Gasteiger charge is -2.38. The summed E-state index contributed by atoms with van der Waals surface area (Å²) in [7, 11) is 0. The van der Waals surface area contributed by atoms with E-state index < -0.39 is 5.41 Å². The molecule has 1 aromatic rings. The molecule has 2 saturated heterocycles. The summed E-state index contributed by atoms with van der Waals surface area (Å²) >= 11 is 0. The van der Waals surface area contributed by atoms with Crippen molar-refractivity contribution in [2.24, 2.45) is 5.41 Å². The third-order valence-corrected chi connectivity index (χ3v) is 7.70. The first-order valence-corrected chi connectivity index (χ1v) is 11.9. The molecule has 1 saturated carbocycles. The van der Waals surface area contributed by atoms with Crippen LogP contribution >= 0.6 is 0 Å². The molecule has 6 heteroatoms. The van der Waals surface area contributed by atoms with E-state index >= 15 is 0 Å². The van der Waals surface area contributed by atoms with Crippen molar-refractivity contribution < 1.29 is 14.4 Å². The minimum atomic E-state index is -0.493. The molecule has 3 fully saturated rings. The van der Waals surface area contributed by atoms with Gasteiger partial charge in [0.25, 0.3) is 0 Å². The maximum atomic E-state index is 13.3. The molecule has 2 aliphatic heterocycles. The van der Waals surface area contributed by atoms with E-state index in [1.165, 1.54) is 12.8 Å². The summed E-state index contributed by atoms with van der Waals surface area (Å²) in [5, 5.41) is 3.19. The Morgan fingerprint density at radius 2 is 1.81 bits per heavy atom. The lowest BCUT2D eigenvalue weighted by Crippen LogP contribution is -2.48. The van der Waals surface area contributed by atoms with Crippen molar-refractivity contribution in [2.45, 2.75) is 77.3 Å². The van der Waals surface area contributed by atoms with Gasteiger partial charge in [-0.2, -0.15) is 0 Å². The van der Waals surface area contributed by atoms with Gasteiger partial charge in [0.2, 0.25) is 17.7 Å². The molecule has 6 nitrogen and oxygen atoms in total. The lowest BCUT2D eigenvalue weighted by atomic mass is 9.75. The Morgan fingerprint density at radius 1 is 1.13 bits per heavy atom. The summed E-state index contributed by atoms with van der Waals surface area (Å²) in [5.41, 5.74) is 1.70. The molecule has 168 valence electrons. The zero-order valence-corrected chi connectivity index (χ0v) is 18.9. The van der Waals surface area contributed by atoms with Crippen LogP contribution in [0, 0.1) is 12.3 Å². The predicted octanol–water partition coefficient (Wildman–Crippen LogP) is 2.83. The number of amides is 3. The van der Waals surface area contributed by atoms with Crippen molar-refractivity contribution in [3.05, 3.63) is 35.4 Å². The Hall–Kier alpha value is -2.37. The number of aryl methyl sites for hydroxylation is 1. The highest BCUT2D eigenvalue weighted by atomic mass is 16.2. The van der Waals surface area contributed by atoms with Crippen LogP contribution in [-0.4, -0.2) is 59.2 Å². The van der Waals surface area contributed by atoms with E-state index in [0.717, 1.165) is 24.0 Å². The number of carbonyl (C=O) groups excluding carboxylic acids is 3. The highest BCUT2D eigenvalue weighted by Crippen LogP contribution is 2.44. The summed E-state index contributed by atoms with van der Waals surface area (Å²) in [5.74, 6) is 0.238. The number of piperidine rings is 1. The number of rotatable bonds is 5. The molecule has 1 atom stereocenters. The SMILES string of the molecule is CCN1C(=O)C2(CCN(C(=O)Cc3ccccc3C)CC2)C[C@H]1C(=O)NC1CCCC1. The van der Waals surface area contributed by atoms with Gasteiger partial charge >= 0.3 is 0 Å². The molecule has 0 unspecified atom stereocenters. The van der Waals surface area contributed by atoms with Crippen LogP contribution in [0.15, 0.2) is 24.3 Å². The monoisotopic (exact) mass is 425 g/mol. The van der Waals surface area contributed by atoms with Crippen LogP contribution in [-0.2, 0) is 20.8 Å². The summed E-state index contributed by atoms with van der Waals surface area (Å²) in [6, 6.07) is 7.88. The molecular formula is C25H35N3O3. The number of likely N-dealkylation sites (tertiary alicyclic amines) is 2. The fraction of sp³-hybridized carbons (Fsp3) is 0.640. The van der Waals surface area contributed by atoms with Crippen molar-refractivity contribution in [2.75, 3.05) is 19.6 Å². The van der Waals surface area contributed by atoms with E-state index in [9.17, 15) is 14.4 Å². The number of nitrogens with one attached hydrogen (secondary N) is 1. The molecule has 3 aliphatic rings. The van der Waals surface area contributed by atoms with E-state index in [-0.39, 0.29) is 29.8 Å². The second kappa shape index (κ2) is 9.01. The molecule has 1 aliphatic carbocycles. The molecule has 0 bridgehead atoms. The minimum absolute atomic E-state index is 0.0111. The number of nitrogens with zero attached hydrogens (tertiary/aromatic N) is 2. The van der Waals surface area contributed by atoms with Crippen molar-refractivity contribution in [1.82, 2.24) is 15.1 Å². The molecule has 31 heavy (non-hydrogen) atoms. The number of carbonyl (C=O) groups is 3. The maximum Gasteiger partial charge on any atom is 0.243 e. The fourth-order valence-corrected chi connectivity index (χ4v) is 5.66. The quantitative estimate of drug-likeness (QED) is 0.789. The van der Waals surface area contributed by atoms with Gasteiger partial charge in [0.05, 0.1) is 11.8 Å². The van der Waals surface area contributed by atoms with Crippen LogP contribution in [0.5, 0.6) is 0 Å². The number of hydrogen-bond acceptors (Lipinski definition) is 3. The van der Waals surface area contributed by atoms with Crippen LogP contribution in [0.2, 0.25) is 0 Å². The zero-order valence-electron chi connectivity index (χ0n) is 18.9. The average molecular weight is 426 g/mol. The van der Waals surface area contributed by atoms with Crippen molar-refractivity contribution in [1.29, 1.82) is 0 Å². The third-order valence-electron chi connectivity index (χ3n) is 7.70. The average Bonchev–Trinajstić information content (AvgIpc) is 3.37. The first kappa shape index (κ1) is 21.8. The van der Waals surface area contributed by atoms with Gasteiger partial charge in [0.1, 0.15) is 6.04 Å². The van der Waals surface area contributed by atoms with E-state index in [4.69, 9.17) is 0 Å². The Bertz CT molecular complexity index is 838. The van der Waals surface area contributed by atoms with E-state index in [0.29, 0.717) is 45.3 Å². The number of hydrogen-bond donors (Lipinski definition) is 1. The minimum Gasteiger partial charge on any atom is -0.352 e. The van der Waals surface area contributed by atoms with Crippen LogP contribution in [0.3, 0.4) is 0 Å². The summed E-state index contributed by atoms with van der Waals surface area (Å²) in [6.45, 7) is 5.71. The molecule has 4 rings (SSSR count). The molecular weight excluding hydrogens is 390 g/mol. The van der Waals surface area contributed by atoms with Gasteiger partial charge < -0.3 is 15.1 Å². The number of likely N-dealkylation sites (N-methyl/N-ethyl adjacent to an activating group) is 1. The van der Waals surface area contributed by atoms with Gasteiger partial charge in [-0.15, -0.1) is 0 Å². The van der Waals surface area contributed by atoms with Gasteiger partial charge in [-0.05, 0) is 57.1 Å². The highest BCUT2D eigenvalue weighted by molar-refractivity contribution is 5.94. The third kappa shape index (κ3) is 4.35. The van der Waals surface area contributed by atoms with E-state index in [1.807, 2.05) is 43.0 Å². The first-order chi connectivity index (χ1) is 14.9. The predicted molar refractivity (Wildman–Crippen MR) is 119 cm³/mol. The Morgan fingerprint density at radius 3 is 2.45 bits per heavy atom. The van der Waals surface area contributed by atoms with E-state index in [1.54, 1.807) is 4.90 Å². The molecule has 0 aromatic heterocycles. The normalized spacial score (nSPS) is 23.5. The summed E-state index contributed by atoms with van der Waals surface area (Å²) in [6.07, 6.45) is 6.71. The maximum absolute atomic E-state index is 13.3. The zero-order chi connectivity index (χ0) is 22.0. The largest absolute Gasteiger partial charge is 0.352 e. The van der Waals surface area contributed by atoms with Crippen molar-refractivity contribution in [3.8, 4) is 0 Å². The molecule has 3 amide bonds. The topological polar surface area (TPSA) is 69.7 Å². The van der Waals surface area contributed by atoms with Gasteiger partial charge in [-0.3, -0.25) is 14.4 Å². The van der Waals surface area contributed by atoms with Crippen LogP contribution in [0.25, 0.3) is 0 Å². The van der Waals surface area contributed by atoms with Crippen LogP contribution < -0.4 is 5.32 Å². The standard InChI is InChI=1S/C25H35N3O3/c1-3-28-21(23(30)26-20-10-6-7-11-20)17-25(24(28)31)12-14-27(15-13-25)22(29)16-19-9-5-4-8-18(19)2/h4-5,8-9,20-21H,3,6-7,10-17H2,1-2H3,(H,26,30)/t21-/m0/s1. The smallest absolute Gasteiger partial charge is 0.243 e. The fourth-order valence-electron chi connectivity index (χ4n) is 5.66. The summed E-state index contributed by atoms with van der Waals surface area (Å²) in [4.78, 5) is 42.8. The van der Waals surface area contributed by atoms with Crippen LogP contribution in [0.4, 0.5) is 0 Å². The molecule has 2 heterocycles. The van der Waals surface area contributed by atoms with Crippen LogP contribution in [0.1, 0.15) is 63.0 Å². The second-order valence-electron chi connectivity index (χ2n) is 9.57. The van der Waals surface area contributed by atoms with Gasteiger partial charge in [0.15, 0.2) is 0 Å². The van der Waals surface area contributed by atoms with E-state index in [2.05, 4.69) is 5.32 Å². The second-order valence-corrected chi connectivity index (χ2v) is 9.57. The first-order valence-electron chi connectivity index (χ1n) is 11.9. The highest BCUT2D eigenvalue weighted by Gasteiger charge is 2.54. The molecule has 0 radical (unpaired) electrons. The molecule has 1 aromatic carbocycles. The Balaban J connectivity index is 1.38. The van der Waals surface area contributed by atoms with Crippen molar-refractivity contribution >= 4 is 17.7 Å². The Kier molecular flexibility index (Phi) is 6.35. The number of benzene rings is 1. The molecule has 1 N–H and O–H groups in total. The van der Waals surface area contributed by atoms with Crippen molar-refractivity contribution in [3.63, 3.8) is 0 Å². The molecule has 1 spiro atoms. The Labute approximate surface area is 185 Å².